The number of hydrogen-bond acceptors (Lipinski definition) is 7. The van der Waals surface area contributed by atoms with Crippen LogP contribution >= 0.6 is 0 Å². The summed E-state index contributed by atoms with van der Waals surface area (Å²) in [6, 6.07) is 1.95. The molecule has 1 fully saturated rings. The first-order valence-electron chi connectivity index (χ1n) is 8.02. The highest BCUT2D eigenvalue weighted by atomic mass is 16.5. The van der Waals surface area contributed by atoms with E-state index in [4.69, 9.17) is 9.26 Å². The third-order valence-electron chi connectivity index (χ3n) is 4.12. The van der Waals surface area contributed by atoms with Crippen molar-refractivity contribution in [1.82, 2.24) is 19.6 Å². The Hall–Kier alpha value is -2.19. The van der Waals surface area contributed by atoms with Crippen LogP contribution in [0.25, 0.3) is 0 Å². The molecular weight excluding hydrogens is 310 g/mol. The fourth-order valence-corrected chi connectivity index (χ4v) is 2.89. The molecule has 130 valence electrons. The van der Waals surface area contributed by atoms with Crippen LogP contribution in [0.4, 0.5) is 5.82 Å². The van der Waals surface area contributed by atoms with Gasteiger partial charge in [-0.1, -0.05) is 5.16 Å². The second-order valence-corrected chi connectivity index (χ2v) is 6.20. The average molecular weight is 333 g/mol. The van der Waals surface area contributed by atoms with E-state index >= 15 is 0 Å². The Morgan fingerprint density at radius 1 is 1.46 bits per heavy atom. The van der Waals surface area contributed by atoms with Crippen LogP contribution in [0, 0.1) is 6.92 Å². The lowest BCUT2D eigenvalue weighted by atomic mass is 10.2. The maximum absolute atomic E-state index is 12.1. The first kappa shape index (κ1) is 16.7. The zero-order valence-corrected chi connectivity index (χ0v) is 14.3. The molecule has 1 atom stereocenters. The number of hydrogen-bond donors (Lipinski definition) is 0. The Morgan fingerprint density at radius 3 is 3.04 bits per heavy atom. The lowest BCUT2D eigenvalue weighted by molar-refractivity contribution is -0.0271. The molecule has 1 aliphatic heterocycles. The van der Waals surface area contributed by atoms with Crippen molar-refractivity contribution in [1.29, 1.82) is 0 Å². The molecule has 8 nitrogen and oxygen atoms in total. The molecule has 0 amide bonds. The van der Waals surface area contributed by atoms with Gasteiger partial charge in [0.25, 0.3) is 5.56 Å². The van der Waals surface area contributed by atoms with Crippen molar-refractivity contribution in [3.8, 4) is 0 Å². The van der Waals surface area contributed by atoms with Crippen molar-refractivity contribution >= 4 is 5.82 Å². The van der Waals surface area contributed by atoms with E-state index in [2.05, 4.69) is 15.0 Å². The van der Waals surface area contributed by atoms with Crippen LogP contribution in [0.2, 0.25) is 0 Å². The molecule has 3 rings (SSSR count). The summed E-state index contributed by atoms with van der Waals surface area (Å²) in [5.74, 6) is 1.26. The molecule has 1 aliphatic rings. The fourth-order valence-electron chi connectivity index (χ4n) is 2.89. The summed E-state index contributed by atoms with van der Waals surface area (Å²) < 4.78 is 12.5. The topological polar surface area (TPSA) is 76.6 Å². The lowest BCUT2D eigenvalue weighted by Crippen LogP contribution is -2.47. The average Bonchev–Trinajstić information content (AvgIpc) is 2.95. The van der Waals surface area contributed by atoms with Crippen LogP contribution in [0.1, 0.15) is 11.5 Å². The van der Waals surface area contributed by atoms with Crippen LogP contribution in [-0.2, 0) is 18.3 Å². The fraction of sp³-hybridized carbons (Fsp3) is 0.562. The van der Waals surface area contributed by atoms with Gasteiger partial charge in [-0.15, -0.1) is 0 Å². The van der Waals surface area contributed by atoms with Gasteiger partial charge < -0.3 is 18.7 Å². The van der Waals surface area contributed by atoms with Gasteiger partial charge in [-0.3, -0.25) is 9.69 Å². The minimum absolute atomic E-state index is 0.0171. The molecule has 0 spiro atoms. The van der Waals surface area contributed by atoms with E-state index < -0.39 is 0 Å². The predicted molar refractivity (Wildman–Crippen MR) is 89.0 cm³/mol. The van der Waals surface area contributed by atoms with Gasteiger partial charge in [-0.25, -0.2) is 4.98 Å². The summed E-state index contributed by atoms with van der Waals surface area (Å²) >= 11 is 0. The Kier molecular flexibility index (Phi) is 4.96. The van der Waals surface area contributed by atoms with E-state index in [0.29, 0.717) is 19.0 Å². The van der Waals surface area contributed by atoms with Gasteiger partial charge in [0.2, 0.25) is 0 Å². The summed E-state index contributed by atoms with van der Waals surface area (Å²) in [6.45, 7) is 5.55. The largest absolute Gasteiger partial charge is 0.374 e. The molecule has 0 radical (unpaired) electrons. The maximum atomic E-state index is 12.1. The van der Waals surface area contributed by atoms with Crippen molar-refractivity contribution in [3.05, 3.63) is 40.3 Å². The van der Waals surface area contributed by atoms with Crippen LogP contribution in [0.15, 0.2) is 27.8 Å². The molecule has 0 aliphatic carbocycles. The standard InChI is InChI=1S/C16H23N5O3/c1-12-8-13(18-24-12)9-21-6-7-23-14(11-21)10-20(3)15-16(22)19(2)5-4-17-15/h4-5,8,14H,6-7,9-11H2,1-3H3/t14-/m0/s1. The van der Waals surface area contributed by atoms with E-state index in [-0.39, 0.29) is 11.7 Å². The molecule has 2 aromatic rings. The van der Waals surface area contributed by atoms with Crippen LogP contribution in [0.3, 0.4) is 0 Å². The van der Waals surface area contributed by atoms with Crippen LogP contribution < -0.4 is 10.5 Å². The van der Waals surface area contributed by atoms with E-state index in [1.165, 1.54) is 4.57 Å². The number of aromatic nitrogens is 3. The monoisotopic (exact) mass is 333 g/mol. The quantitative estimate of drug-likeness (QED) is 0.784. The first-order valence-corrected chi connectivity index (χ1v) is 8.02. The minimum atomic E-state index is -0.106. The first-order chi connectivity index (χ1) is 11.5. The normalized spacial score (nSPS) is 18.7. The third-order valence-corrected chi connectivity index (χ3v) is 4.12. The summed E-state index contributed by atoms with van der Waals surface area (Å²) in [6.07, 6.45) is 3.30. The van der Waals surface area contributed by atoms with Crippen molar-refractivity contribution < 1.29 is 9.26 Å². The molecule has 1 saturated heterocycles. The van der Waals surface area contributed by atoms with E-state index in [1.54, 1.807) is 19.4 Å². The smallest absolute Gasteiger partial charge is 0.293 e. The Labute approximate surface area is 140 Å². The van der Waals surface area contributed by atoms with Gasteiger partial charge >= 0.3 is 0 Å². The SMILES string of the molecule is Cc1cc(CN2CCO[C@@H](CN(C)c3nccn(C)c3=O)C2)no1. The molecule has 0 aromatic carbocycles. The van der Waals surface area contributed by atoms with Crippen LogP contribution in [-0.4, -0.2) is 59.0 Å². The highest BCUT2D eigenvalue weighted by molar-refractivity contribution is 5.34. The molecule has 0 N–H and O–H groups in total. The minimum Gasteiger partial charge on any atom is -0.374 e. The zero-order chi connectivity index (χ0) is 17.1. The van der Waals surface area contributed by atoms with E-state index in [0.717, 1.165) is 31.1 Å². The summed E-state index contributed by atoms with van der Waals surface area (Å²) in [5, 5.41) is 4.04. The summed E-state index contributed by atoms with van der Waals surface area (Å²) in [7, 11) is 3.59. The number of ether oxygens (including phenoxy) is 1. The molecule has 8 heteroatoms. The molecule has 0 saturated carbocycles. The van der Waals surface area contributed by atoms with Crippen LogP contribution in [0.5, 0.6) is 0 Å². The molecule has 0 bridgehead atoms. The second-order valence-electron chi connectivity index (χ2n) is 6.20. The third kappa shape index (κ3) is 3.82. The highest BCUT2D eigenvalue weighted by Gasteiger charge is 2.23. The van der Waals surface area contributed by atoms with Gasteiger partial charge in [0.15, 0.2) is 5.82 Å². The predicted octanol–water partition coefficient (Wildman–Crippen LogP) is 0.414. The molecule has 0 unspecified atom stereocenters. The number of morpholine rings is 1. The van der Waals surface area contributed by atoms with E-state index in [9.17, 15) is 4.79 Å². The number of likely N-dealkylation sites (N-methyl/N-ethyl adjacent to an activating group) is 1. The van der Waals surface area contributed by atoms with Gasteiger partial charge in [-0.2, -0.15) is 0 Å². The van der Waals surface area contributed by atoms with Gasteiger partial charge in [-0.05, 0) is 6.92 Å². The molecule has 2 aromatic heterocycles. The second kappa shape index (κ2) is 7.14. The highest BCUT2D eigenvalue weighted by Crippen LogP contribution is 2.12. The van der Waals surface area contributed by atoms with Crippen molar-refractivity contribution in [2.75, 3.05) is 38.2 Å². The molecule has 24 heavy (non-hydrogen) atoms. The van der Waals surface area contributed by atoms with Crippen molar-refractivity contribution in [3.63, 3.8) is 0 Å². The van der Waals surface area contributed by atoms with Gasteiger partial charge in [0, 0.05) is 58.7 Å². The van der Waals surface area contributed by atoms with Gasteiger partial charge in [0.1, 0.15) is 5.76 Å². The van der Waals surface area contributed by atoms with Gasteiger partial charge in [0.05, 0.1) is 18.4 Å². The Bertz CT molecular complexity index is 741. The zero-order valence-electron chi connectivity index (χ0n) is 14.3. The van der Waals surface area contributed by atoms with Crippen molar-refractivity contribution in [2.24, 2.45) is 7.05 Å². The number of nitrogens with zero attached hydrogens (tertiary/aromatic N) is 5. The Balaban J connectivity index is 1.60. The Morgan fingerprint density at radius 2 is 2.29 bits per heavy atom. The number of rotatable bonds is 5. The number of aryl methyl sites for hydroxylation is 2. The summed E-state index contributed by atoms with van der Waals surface area (Å²) in [4.78, 5) is 20.5. The maximum Gasteiger partial charge on any atom is 0.293 e. The molecule has 3 heterocycles. The number of anilines is 1. The lowest BCUT2D eigenvalue weighted by Gasteiger charge is -2.34. The molecular formula is C16H23N5O3. The van der Waals surface area contributed by atoms with E-state index in [1.807, 2.05) is 24.9 Å². The summed E-state index contributed by atoms with van der Waals surface area (Å²) in [5.41, 5.74) is 0.825. The van der Waals surface area contributed by atoms with Crippen molar-refractivity contribution in [2.45, 2.75) is 19.6 Å².